The van der Waals surface area contributed by atoms with Gasteiger partial charge in [0.2, 0.25) is 0 Å². The summed E-state index contributed by atoms with van der Waals surface area (Å²) >= 11 is 0. The summed E-state index contributed by atoms with van der Waals surface area (Å²) in [5, 5.41) is 8.99. The van der Waals surface area contributed by atoms with Crippen LogP contribution in [0.4, 0.5) is 5.69 Å². The van der Waals surface area contributed by atoms with Crippen molar-refractivity contribution < 1.29 is 23.9 Å². The fourth-order valence-electron chi connectivity index (χ4n) is 2.27. The van der Waals surface area contributed by atoms with Gasteiger partial charge >= 0.3 is 11.8 Å². The number of hydrogen-bond acceptors (Lipinski definition) is 6. The first-order valence-corrected chi connectivity index (χ1v) is 9.65. The second-order valence-corrected chi connectivity index (χ2v) is 6.94. The Hall–Kier alpha value is -3.88. The van der Waals surface area contributed by atoms with Crippen LogP contribution in [0.5, 0.6) is 11.5 Å². The highest BCUT2D eigenvalue weighted by atomic mass is 16.5. The van der Waals surface area contributed by atoms with Gasteiger partial charge in [-0.05, 0) is 47.9 Å². The molecule has 0 aliphatic heterocycles. The lowest BCUT2D eigenvalue weighted by molar-refractivity contribution is -0.136. The number of carbonyl (C=O) groups excluding carboxylic acids is 3. The van der Waals surface area contributed by atoms with Gasteiger partial charge in [-0.25, -0.2) is 5.43 Å². The summed E-state index contributed by atoms with van der Waals surface area (Å²) in [6, 6.07) is 13.4. The second kappa shape index (κ2) is 12.0. The molecule has 0 saturated carbocycles. The molecule has 2 rings (SSSR count). The number of methoxy groups -OCH3 is 1. The lowest BCUT2D eigenvalue weighted by atomic mass is 10.2. The molecule has 0 atom stereocenters. The minimum absolute atomic E-state index is 0.0708. The molecule has 0 spiro atoms. The third-order valence-corrected chi connectivity index (χ3v) is 3.87. The van der Waals surface area contributed by atoms with Gasteiger partial charge in [-0.15, -0.1) is 0 Å². The van der Waals surface area contributed by atoms with Crippen LogP contribution < -0.4 is 25.5 Å². The van der Waals surface area contributed by atoms with E-state index >= 15 is 0 Å². The van der Waals surface area contributed by atoms with E-state index in [0.29, 0.717) is 35.2 Å². The van der Waals surface area contributed by atoms with E-state index < -0.39 is 11.8 Å². The van der Waals surface area contributed by atoms with Gasteiger partial charge in [0.15, 0.2) is 6.61 Å². The number of nitrogens with one attached hydrogen (secondary N) is 3. The van der Waals surface area contributed by atoms with Crippen molar-refractivity contribution in [1.82, 2.24) is 10.7 Å². The van der Waals surface area contributed by atoms with Gasteiger partial charge in [-0.3, -0.25) is 14.4 Å². The van der Waals surface area contributed by atoms with Gasteiger partial charge in [0.1, 0.15) is 11.5 Å². The van der Waals surface area contributed by atoms with Gasteiger partial charge in [0, 0.05) is 18.3 Å². The highest BCUT2D eigenvalue weighted by Crippen LogP contribution is 2.16. The quantitative estimate of drug-likeness (QED) is 0.322. The van der Waals surface area contributed by atoms with E-state index in [4.69, 9.17) is 9.47 Å². The molecule has 0 aliphatic rings. The number of anilines is 1. The van der Waals surface area contributed by atoms with Gasteiger partial charge in [-0.2, -0.15) is 5.10 Å². The van der Waals surface area contributed by atoms with E-state index in [9.17, 15) is 14.4 Å². The van der Waals surface area contributed by atoms with Crippen LogP contribution in [0.2, 0.25) is 0 Å². The van der Waals surface area contributed by atoms with Crippen molar-refractivity contribution in [3.8, 4) is 11.5 Å². The van der Waals surface area contributed by atoms with Crippen LogP contribution in [0, 0.1) is 5.92 Å². The van der Waals surface area contributed by atoms with E-state index in [1.807, 2.05) is 13.8 Å². The fourth-order valence-corrected chi connectivity index (χ4v) is 2.27. The zero-order valence-electron chi connectivity index (χ0n) is 17.7. The van der Waals surface area contributed by atoms with Gasteiger partial charge in [0.05, 0.1) is 13.3 Å². The standard InChI is InChI=1S/C22H26N4O5/c1-15(2)12-23-20(27)14-31-18-9-7-16(8-10-18)13-24-26-22(29)21(28)25-17-5-4-6-19(11-17)30-3/h4-11,13,15H,12,14H2,1-3H3,(H,23,27)(H,25,28)(H,26,29)/b24-13-. The molecule has 0 aromatic heterocycles. The summed E-state index contributed by atoms with van der Waals surface area (Å²) in [5.74, 6) is -0.500. The number of benzene rings is 2. The molecule has 9 heteroatoms. The Labute approximate surface area is 180 Å². The summed E-state index contributed by atoms with van der Waals surface area (Å²) < 4.78 is 10.5. The van der Waals surface area contributed by atoms with Gasteiger partial charge in [0.25, 0.3) is 5.91 Å². The van der Waals surface area contributed by atoms with Crippen molar-refractivity contribution in [3.63, 3.8) is 0 Å². The van der Waals surface area contributed by atoms with Crippen LogP contribution in [0.15, 0.2) is 53.6 Å². The van der Waals surface area contributed by atoms with Crippen molar-refractivity contribution in [2.45, 2.75) is 13.8 Å². The number of ether oxygens (including phenoxy) is 2. The predicted octanol–water partition coefficient (Wildman–Crippen LogP) is 1.93. The van der Waals surface area contributed by atoms with Crippen molar-refractivity contribution in [3.05, 3.63) is 54.1 Å². The van der Waals surface area contributed by atoms with E-state index in [-0.39, 0.29) is 12.5 Å². The minimum Gasteiger partial charge on any atom is -0.497 e. The number of rotatable bonds is 9. The Balaban J connectivity index is 1.78. The van der Waals surface area contributed by atoms with Crippen LogP contribution in [0.25, 0.3) is 0 Å². The SMILES string of the molecule is COc1cccc(NC(=O)C(=O)N/N=C\c2ccc(OCC(=O)NCC(C)C)cc2)c1. The number of hydrogen-bond donors (Lipinski definition) is 3. The van der Waals surface area contributed by atoms with Crippen molar-refractivity contribution in [2.75, 3.05) is 25.6 Å². The summed E-state index contributed by atoms with van der Waals surface area (Å²) in [6.07, 6.45) is 1.38. The normalized spacial score (nSPS) is 10.6. The molecule has 31 heavy (non-hydrogen) atoms. The Kier molecular flexibility index (Phi) is 9.03. The first-order chi connectivity index (χ1) is 14.9. The Morgan fingerprint density at radius 2 is 1.77 bits per heavy atom. The van der Waals surface area contributed by atoms with Crippen LogP contribution in [0.1, 0.15) is 19.4 Å². The average molecular weight is 426 g/mol. The summed E-state index contributed by atoms with van der Waals surface area (Å²) in [5.41, 5.74) is 3.26. The number of amides is 3. The summed E-state index contributed by atoms with van der Waals surface area (Å²) in [7, 11) is 1.51. The number of nitrogens with zero attached hydrogens (tertiary/aromatic N) is 1. The largest absolute Gasteiger partial charge is 0.497 e. The van der Waals surface area contributed by atoms with Crippen LogP contribution >= 0.6 is 0 Å². The first kappa shape index (κ1) is 23.4. The van der Waals surface area contributed by atoms with E-state index in [1.165, 1.54) is 13.3 Å². The highest BCUT2D eigenvalue weighted by Gasteiger charge is 2.13. The zero-order valence-corrected chi connectivity index (χ0v) is 17.7. The van der Waals surface area contributed by atoms with Crippen molar-refractivity contribution >= 4 is 29.6 Å². The molecule has 164 valence electrons. The third kappa shape index (κ3) is 8.57. The number of hydrazone groups is 1. The average Bonchev–Trinajstić information content (AvgIpc) is 2.77. The molecule has 0 saturated heterocycles. The lowest BCUT2D eigenvalue weighted by Gasteiger charge is -2.09. The number of carbonyl (C=O) groups is 3. The molecular weight excluding hydrogens is 400 g/mol. The van der Waals surface area contributed by atoms with Crippen LogP contribution in [0.3, 0.4) is 0 Å². The van der Waals surface area contributed by atoms with E-state index in [2.05, 4.69) is 21.2 Å². The fraction of sp³-hybridized carbons (Fsp3) is 0.273. The highest BCUT2D eigenvalue weighted by molar-refractivity contribution is 6.39. The molecule has 0 radical (unpaired) electrons. The molecule has 3 N–H and O–H groups in total. The lowest BCUT2D eigenvalue weighted by Crippen LogP contribution is -2.32. The Morgan fingerprint density at radius 1 is 1.03 bits per heavy atom. The Morgan fingerprint density at radius 3 is 2.45 bits per heavy atom. The maximum absolute atomic E-state index is 11.9. The Bertz CT molecular complexity index is 926. The predicted molar refractivity (Wildman–Crippen MR) is 117 cm³/mol. The van der Waals surface area contributed by atoms with E-state index in [0.717, 1.165) is 0 Å². The topological polar surface area (TPSA) is 118 Å². The third-order valence-electron chi connectivity index (χ3n) is 3.87. The van der Waals surface area contributed by atoms with Gasteiger partial charge in [-0.1, -0.05) is 19.9 Å². The van der Waals surface area contributed by atoms with Gasteiger partial charge < -0.3 is 20.1 Å². The maximum Gasteiger partial charge on any atom is 0.329 e. The molecule has 0 heterocycles. The molecule has 9 nitrogen and oxygen atoms in total. The molecular formula is C22H26N4O5. The van der Waals surface area contributed by atoms with Crippen molar-refractivity contribution in [2.24, 2.45) is 11.0 Å². The zero-order chi connectivity index (χ0) is 22.6. The maximum atomic E-state index is 11.9. The molecule has 2 aromatic carbocycles. The molecule has 0 fully saturated rings. The molecule has 0 aliphatic carbocycles. The minimum atomic E-state index is -0.911. The molecule has 0 unspecified atom stereocenters. The van der Waals surface area contributed by atoms with Crippen molar-refractivity contribution in [1.29, 1.82) is 0 Å². The van der Waals surface area contributed by atoms with E-state index in [1.54, 1.807) is 48.5 Å². The summed E-state index contributed by atoms with van der Waals surface area (Å²) in [4.78, 5) is 35.4. The monoisotopic (exact) mass is 426 g/mol. The van der Waals surface area contributed by atoms with Crippen LogP contribution in [-0.2, 0) is 14.4 Å². The molecule has 3 amide bonds. The first-order valence-electron chi connectivity index (χ1n) is 9.65. The second-order valence-electron chi connectivity index (χ2n) is 6.94. The smallest absolute Gasteiger partial charge is 0.329 e. The summed E-state index contributed by atoms with van der Waals surface area (Å²) in [6.45, 7) is 4.55. The van der Waals surface area contributed by atoms with Crippen LogP contribution in [-0.4, -0.2) is 44.2 Å². The molecule has 0 bridgehead atoms. The molecule has 2 aromatic rings.